The van der Waals surface area contributed by atoms with Crippen LogP contribution in [0.5, 0.6) is 0 Å². The van der Waals surface area contributed by atoms with E-state index in [0.717, 1.165) is 31.4 Å². The molecular weight excluding hydrogens is 241 g/mol. The molecule has 19 heavy (non-hydrogen) atoms. The first-order valence-corrected chi connectivity index (χ1v) is 7.02. The molecule has 0 heterocycles. The zero-order valence-corrected chi connectivity index (χ0v) is 12.2. The minimum absolute atomic E-state index is 0.0157. The van der Waals surface area contributed by atoms with E-state index in [2.05, 4.69) is 26.1 Å². The van der Waals surface area contributed by atoms with Crippen molar-refractivity contribution in [2.45, 2.75) is 46.1 Å². The Morgan fingerprint density at radius 3 is 2.47 bits per heavy atom. The van der Waals surface area contributed by atoms with Crippen molar-refractivity contribution < 1.29 is 9.50 Å². The normalized spacial score (nSPS) is 13.5. The van der Waals surface area contributed by atoms with Gasteiger partial charge in [0.05, 0.1) is 0 Å². The van der Waals surface area contributed by atoms with E-state index in [4.69, 9.17) is 5.11 Å². The molecule has 0 saturated carbocycles. The highest BCUT2D eigenvalue weighted by molar-refractivity contribution is 5.16. The van der Waals surface area contributed by atoms with Crippen LogP contribution in [-0.4, -0.2) is 24.3 Å². The number of aliphatic hydroxyl groups is 1. The fourth-order valence-corrected chi connectivity index (χ4v) is 2.04. The second-order valence-corrected chi connectivity index (χ2v) is 6.11. The van der Waals surface area contributed by atoms with Crippen molar-refractivity contribution >= 4 is 0 Å². The van der Waals surface area contributed by atoms with Crippen LogP contribution < -0.4 is 5.32 Å². The summed E-state index contributed by atoms with van der Waals surface area (Å²) in [6, 6.07) is 7.06. The topological polar surface area (TPSA) is 32.3 Å². The summed E-state index contributed by atoms with van der Waals surface area (Å²) < 4.78 is 12.8. The molecule has 0 spiro atoms. The van der Waals surface area contributed by atoms with Gasteiger partial charge in [0.15, 0.2) is 0 Å². The number of rotatable bonds is 8. The molecular formula is C16H26FNO. The lowest BCUT2D eigenvalue weighted by atomic mass is 9.89. The van der Waals surface area contributed by atoms with Gasteiger partial charge in [0.25, 0.3) is 0 Å². The number of nitrogens with one attached hydrogen (secondary N) is 1. The van der Waals surface area contributed by atoms with Crippen LogP contribution in [0.4, 0.5) is 4.39 Å². The second kappa shape index (κ2) is 7.61. The molecule has 2 N–H and O–H groups in total. The number of hydrogen-bond acceptors (Lipinski definition) is 2. The third-order valence-corrected chi connectivity index (χ3v) is 3.41. The molecule has 1 rings (SSSR count). The maximum atomic E-state index is 12.8. The summed E-state index contributed by atoms with van der Waals surface area (Å²) in [4.78, 5) is 0. The molecule has 3 heteroatoms. The van der Waals surface area contributed by atoms with Crippen molar-refractivity contribution in [3.63, 3.8) is 0 Å². The average molecular weight is 267 g/mol. The van der Waals surface area contributed by atoms with Crippen LogP contribution in [0.25, 0.3) is 0 Å². The number of hydrogen-bond donors (Lipinski definition) is 2. The van der Waals surface area contributed by atoms with Gasteiger partial charge in [-0.2, -0.15) is 0 Å². The molecule has 0 aliphatic carbocycles. The third-order valence-electron chi connectivity index (χ3n) is 3.41. The molecule has 0 aliphatic rings. The zero-order valence-electron chi connectivity index (χ0n) is 12.2. The van der Waals surface area contributed by atoms with Crippen molar-refractivity contribution in [2.24, 2.45) is 5.41 Å². The van der Waals surface area contributed by atoms with Crippen molar-refractivity contribution in [3.8, 4) is 0 Å². The number of aliphatic hydroxyl groups excluding tert-OH is 1. The molecule has 0 fully saturated rings. The van der Waals surface area contributed by atoms with Gasteiger partial charge in [-0.3, -0.25) is 0 Å². The summed E-state index contributed by atoms with van der Waals surface area (Å²) >= 11 is 0. The maximum absolute atomic E-state index is 12.8. The SMILES string of the molecule is CC(Cc1ccc(F)cc1)NCCCC(C)(C)CO. The van der Waals surface area contributed by atoms with Crippen molar-refractivity contribution in [1.82, 2.24) is 5.32 Å². The van der Waals surface area contributed by atoms with Crippen LogP contribution in [0.1, 0.15) is 39.2 Å². The maximum Gasteiger partial charge on any atom is 0.123 e. The number of halogens is 1. The first-order chi connectivity index (χ1) is 8.93. The molecule has 1 atom stereocenters. The van der Waals surface area contributed by atoms with E-state index in [0.29, 0.717) is 6.04 Å². The standard InChI is InChI=1S/C16H26FNO/c1-13(11-14-5-7-15(17)8-6-14)18-10-4-9-16(2,3)12-19/h5-8,13,18-19H,4,9-12H2,1-3H3. The minimum Gasteiger partial charge on any atom is -0.396 e. The lowest BCUT2D eigenvalue weighted by Gasteiger charge is -2.22. The van der Waals surface area contributed by atoms with Crippen LogP contribution in [0.15, 0.2) is 24.3 Å². The van der Waals surface area contributed by atoms with Crippen molar-refractivity contribution in [2.75, 3.05) is 13.2 Å². The number of benzene rings is 1. The summed E-state index contributed by atoms with van der Waals surface area (Å²) in [6.07, 6.45) is 2.98. The molecule has 0 saturated heterocycles. The smallest absolute Gasteiger partial charge is 0.123 e. The van der Waals surface area contributed by atoms with Gasteiger partial charge in [-0.25, -0.2) is 4.39 Å². The minimum atomic E-state index is -0.185. The van der Waals surface area contributed by atoms with Gasteiger partial charge < -0.3 is 10.4 Å². The van der Waals surface area contributed by atoms with Gasteiger partial charge in [0, 0.05) is 12.6 Å². The van der Waals surface area contributed by atoms with Crippen LogP contribution in [0, 0.1) is 11.2 Å². The van der Waals surface area contributed by atoms with Gasteiger partial charge in [0.2, 0.25) is 0 Å². The van der Waals surface area contributed by atoms with Crippen LogP contribution in [-0.2, 0) is 6.42 Å². The summed E-state index contributed by atoms with van der Waals surface area (Å²) in [7, 11) is 0. The predicted molar refractivity (Wildman–Crippen MR) is 77.7 cm³/mol. The Hall–Kier alpha value is -0.930. The largest absolute Gasteiger partial charge is 0.396 e. The molecule has 0 aliphatic heterocycles. The van der Waals surface area contributed by atoms with Crippen molar-refractivity contribution in [3.05, 3.63) is 35.6 Å². The Labute approximate surface area is 116 Å². The van der Waals surface area contributed by atoms with E-state index in [1.807, 2.05) is 12.1 Å². The molecule has 1 aromatic rings. The molecule has 108 valence electrons. The third kappa shape index (κ3) is 6.69. The van der Waals surface area contributed by atoms with Gasteiger partial charge in [-0.15, -0.1) is 0 Å². The lowest BCUT2D eigenvalue weighted by Crippen LogP contribution is -2.30. The monoisotopic (exact) mass is 267 g/mol. The van der Waals surface area contributed by atoms with E-state index in [1.165, 1.54) is 12.1 Å². The zero-order chi connectivity index (χ0) is 14.3. The molecule has 1 unspecified atom stereocenters. The summed E-state index contributed by atoms with van der Waals surface area (Å²) in [5, 5.41) is 12.6. The Morgan fingerprint density at radius 2 is 1.89 bits per heavy atom. The Bertz CT molecular complexity index is 362. The van der Waals surface area contributed by atoms with Crippen LogP contribution in [0.2, 0.25) is 0 Å². The molecule has 0 amide bonds. The van der Waals surface area contributed by atoms with E-state index in [9.17, 15) is 4.39 Å². The molecule has 1 aromatic carbocycles. The summed E-state index contributed by atoms with van der Waals surface area (Å²) in [5.41, 5.74) is 1.17. The fraction of sp³-hybridized carbons (Fsp3) is 0.625. The highest BCUT2D eigenvalue weighted by Crippen LogP contribution is 2.20. The van der Waals surface area contributed by atoms with E-state index in [-0.39, 0.29) is 17.8 Å². The first-order valence-electron chi connectivity index (χ1n) is 7.02. The van der Waals surface area contributed by atoms with E-state index in [1.54, 1.807) is 0 Å². The van der Waals surface area contributed by atoms with Gasteiger partial charge >= 0.3 is 0 Å². The molecule has 0 bridgehead atoms. The predicted octanol–water partition coefficient (Wildman–Crippen LogP) is 3.15. The summed E-state index contributed by atoms with van der Waals surface area (Å²) in [5.74, 6) is -0.185. The van der Waals surface area contributed by atoms with E-state index < -0.39 is 0 Å². The van der Waals surface area contributed by atoms with Crippen LogP contribution in [0.3, 0.4) is 0 Å². The first kappa shape index (κ1) is 16.1. The van der Waals surface area contributed by atoms with Gasteiger partial charge in [0.1, 0.15) is 5.82 Å². The molecule has 2 nitrogen and oxygen atoms in total. The van der Waals surface area contributed by atoms with Gasteiger partial charge in [-0.1, -0.05) is 26.0 Å². The highest BCUT2D eigenvalue weighted by atomic mass is 19.1. The van der Waals surface area contributed by atoms with E-state index >= 15 is 0 Å². The highest BCUT2D eigenvalue weighted by Gasteiger charge is 2.15. The Balaban J connectivity index is 2.21. The average Bonchev–Trinajstić information content (AvgIpc) is 2.38. The fourth-order valence-electron chi connectivity index (χ4n) is 2.04. The molecule has 0 aromatic heterocycles. The summed E-state index contributed by atoms with van der Waals surface area (Å²) in [6.45, 7) is 7.48. The quantitative estimate of drug-likeness (QED) is 0.709. The Morgan fingerprint density at radius 1 is 1.26 bits per heavy atom. The second-order valence-electron chi connectivity index (χ2n) is 6.11. The van der Waals surface area contributed by atoms with Crippen molar-refractivity contribution in [1.29, 1.82) is 0 Å². The Kier molecular flexibility index (Phi) is 6.46. The van der Waals surface area contributed by atoms with Gasteiger partial charge in [-0.05, 0) is 55.8 Å². The van der Waals surface area contributed by atoms with Crippen LogP contribution >= 0.6 is 0 Å². The lowest BCUT2D eigenvalue weighted by molar-refractivity contribution is 0.147. The molecule has 0 radical (unpaired) electrons.